The van der Waals surface area contributed by atoms with Gasteiger partial charge in [-0.1, -0.05) is 18.2 Å². The molecule has 2 N–H and O–H groups in total. The van der Waals surface area contributed by atoms with Crippen LogP contribution >= 0.6 is 0 Å². The number of likely N-dealkylation sites (tertiary alicyclic amines) is 1. The fraction of sp³-hybridized carbons (Fsp3) is 0.500. The Morgan fingerprint density at radius 1 is 1.31 bits per heavy atom. The van der Waals surface area contributed by atoms with E-state index in [1.165, 1.54) is 9.91 Å². The molecule has 0 bridgehead atoms. The van der Waals surface area contributed by atoms with Crippen molar-refractivity contribution in [3.05, 3.63) is 30.3 Å². The SMILES string of the molecule is CCOC(=O)[C@H](C)NC(=O)N1CCCC1C(=O)N(C)Nc1ccccc1. The van der Waals surface area contributed by atoms with Crippen molar-refractivity contribution in [3.8, 4) is 0 Å². The first-order chi connectivity index (χ1) is 12.4. The number of likely N-dealkylation sites (N-methyl/N-ethyl adjacent to an activating group) is 1. The molecule has 0 radical (unpaired) electrons. The molecule has 8 heteroatoms. The molecule has 8 nitrogen and oxygen atoms in total. The van der Waals surface area contributed by atoms with Crippen molar-refractivity contribution in [2.24, 2.45) is 0 Å². The molecule has 26 heavy (non-hydrogen) atoms. The van der Waals surface area contributed by atoms with Crippen LogP contribution in [0.3, 0.4) is 0 Å². The fourth-order valence-corrected chi connectivity index (χ4v) is 2.85. The van der Waals surface area contributed by atoms with Gasteiger partial charge in [0.25, 0.3) is 5.91 Å². The van der Waals surface area contributed by atoms with E-state index in [1.807, 2.05) is 30.3 Å². The van der Waals surface area contributed by atoms with E-state index in [9.17, 15) is 14.4 Å². The number of benzene rings is 1. The smallest absolute Gasteiger partial charge is 0.328 e. The average Bonchev–Trinajstić information content (AvgIpc) is 3.11. The number of para-hydroxylation sites is 1. The van der Waals surface area contributed by atoms with Crippen molar-refractivity contribution in [2.45, 2.75) is 38.8 Å². The second-order valence-corrected chi connectivity index (χ2v) is 6.15. The summed E-state index contributed by atoms with van der Waals surface area (Å²) in [6.45, 7) is 3.99. The van der Waals surface area contributed by atoms with Crippen LogP contribution < -0.4 is 10.7 Å². The maximum Gasteiger partial charge on any atom is 0.328 e. The number of amides is 3. The van der Waals surface area contributed by atoms with Crippen molar-refractivity contribution in [1.29, 1.82) is 0 Å². The summed E-state index contributed by atoms with van der Waals surface area (Å²) in [7, 11) is 1.63. The van der Waals surface area contributed by atoms with Gasteiger partial charge in [-0.15, -0.1) is 0 Å². The number of carbonyl (C=O) groups is 3. The monoisotopic (exact) mass is 362 g/mol. The van der Waals surface area contributed by atoms with E-state index in [-0.39, 0.29) is 12.5 Å². The highest BCUT2D eigenvalue weighted by Gasteiger charge is 2.36. The first-order valence-corrected chi connectivity index (χ1v) is 8.77. The van der Waals surface area contributed by atoms with Crippen molar-refractivity contribution in [1.82, 2.24) is 15.2 Å². The lowest BCUT2D eigenvalue weighted by Crippen LogP contribution is -2.53. The summed E-state index contributed by atoms with van der Waals surface area (Å²) in [6, 6.07) is 7.56. The highest BCUT2D eigenvalue weighted by atomic mass is 16.5. The fourth-order valence-electron chi connectivity index (χ4n) is 2.85. The number of hydrogen-bond donors (Lipinski definition) is 2. The Bertz CT molecular complexity index is 637. The van der Waals surface area contributed by atoms with E-state index < -0.39 is 24.1 Å². The van der Waals surface area contributed by atoms with Gasteiger partial charge in [0.15, 0.2) is 0 Å². The van der Waals surface area contributed by atoms with Crippen molar-refractivity contribution in [2.75, 3.05) is 25.6 Å². The van der Waals surface area contributed by atoms with Gasteiger partial charge in [0.1, 0.15) is 12.1 Å². The zero-order valence-electron chi connectivity index (χ0n) is 15.4. The predicted octanol–water partition coefficient (Wildman–Crippen LogP) is 1.60. The van der Waals surface area contributed by atoms with E-state index >= 15 is 0 Å². The van der Waals surface area contributed by atoms with Crippen LogP contribution in [0.25, 0.3) is 0 Å². The molecule has 1 aromatic rings. The number of hydrogen-bond acceptors (Lipinski definition) is 5. The van der Waals surface area contributed by atoms with Gasteiger partial charge in [0.2, 0.25) is 0 Å². The molecule has 3 amide bonds. The summed E-state index contributed by atoms with van der Waals surface area (Å²) < 4.78 is 4.89. The minimum atomic E-state index is -0.765. The second-order valence-electron chi connectivity index (χ2n) is 6.15. The molecular formula is C18H26N4O4. The predicted molar refractivity (Wildman–Crippen MR) is 97.2 cm³/mol. The topological polar surface area (TPSA) is 91.0 Å². The lowest BCUT2D eigenvalue weighted by molar-refractivity contribution is -0.144. The Hall–Kier alpha value is -2.77. The molecular weight excluding hydrogens is 336 g/mol. The Kier molecular flexibility index (Phi) is 6.82. The summed E-state index contributed by atoms with van der Waals surface area (Å²) in [5.41, 5.74) is 3.79. The third-order valence-corrected chi connectivity index (χ3v) is 4.18. The van der Waals surface area contributed by atoms with Gasteiger partial charge in [-0.25, -0.2) is 9.59 Å². The van der Waals surface area contributed by atoms with E-state index in [0.29, 0.717) is 13.0 Å². The van der Waals surface area contributed by atoms with Crippen LogP contribution in [-0.2, 0) is 14.3 Å². The molecule has 2 atom stereocenters. The first kappa shape index (κ1) is 19.6. The summed E-state index contributed by atoms with van der Waals surface area (Å²) in [6.07, 6.45) is 1.32. The van der Waals surface area contributed by atoms with Crippen LogP contribution in [0.1, 0.15) is 26.7 Å². The van der Waals surface area contributed by atoms with Crippen LogP contribution in [0.5, 0.6) is 0 Å². The molecule has 1 saturated heterocycles. The number of nitrogens with zero attached hydrogens (tertiary/aromatic N) is 2. The lowest BCUT2D eigenvalue weighted by atomic mass is 10.2. The number of nitrogens with one attached hydrogen (secondary N) is 2. The van der Waals surface area contributed by atoms with Crippen molar-refractivity contribution < 1.29 is 19.1 Å². The molecule has 1 aliphatic heterocycles. The molecule has 0 spiro atoms. The second kappa shape index (κ2) is 9.07. The number of carbonyl (C=O) groups excluding carboxylic acids is 3. The quantitative estimate of drug-likeness (QED) is 0.592. The zero-order chi connectivity index (χ0) is 19.1. The maximum atomic E-state index is 12.7. The van der Waals surface area contributed by atoms with Crippen LogP contribution in [-0.4, -0.2) is 60.1 Å². The van der Waals surface area contributed by atoms with Crippen LogP contribution in [0.2, 0.25) is 0 Å². The average molecular weight is 362 g/mol. The normalized spacial score (nSPS) is 17.3. The van der Waals surface area contributed by atoms with E-state index in [1.54, 1.807) is 20.9 Å². The van der Waals surface area contributed by atoms with Gasteiger partial charge in [-0.05, 0) is 38.8 Å². The summed E-state index contributed by atoms with van der Waals surface area (Å²) in [5.74, 6) is -0.698. The summed E-state index contributed by atoms with van der Waals surface area (Å²) in [4.78, 5) is 38.4. The Labute approximate surface area is 153 Å². The summed E-state index contributed by atoms with van der Waals surface area (Å²) >= 11 is 0. The third-order valence-electron chi connectivity index (χ3n) is 4.18. The van der Waals surface area contributed by atoms with Crippen molar-refractivity contribution >= 4 is 23.6 Å². The number of rotatable bonds is 6. The summed E-state index contributed by atoms with van der Waals surface area (Å²) in [5, 5.41) is 3.99. The van der Waals surface area contributed by atoms with E-state index in [2.05, 4.69) is 10.7 Å². The number of esters is 1. The van der Waals surface area contributed by atoms with Crippen molar-refractivity contribution in [3.63, 3.8) is 0 Å². The molecule has 1 heterocycles. The number of ether oxygens (including phenoxy) is 1. The molecule has 1 fully saturated rings. The highest BCUT2D eigenvalue weighted by molar-refractivity contribution is 5.90. The Balaban J connectivity index is 1.96. The molecule has 1 aliphatic rings. The van der Waals surface area contributed by atoms with Crippen LogP contribution in [0.4, 0.5) is 10.5 Å². The van der Waals surface area contributed by atoms with Gasteiger partial charge in [0, 0.05) is 13.6 Å². The van der Waals surface area contributed by atoms with Crippen LogP contribution in [0.15, 0.2) is 30.3 Å². The van der Waals surface area contributed by atoms with E-state index in [4.69, 9.17) is 4.74 Å². The minimum absolute atomic E-state index is 0.203. The van der Waals surface area contributed by atoms with Gasteiger partial charge in [-0.2, -0.15) is 0 Å². The standard InChI is InChI=1S/C18H26N4O4/c1-4-26-17(24)13(2)19-18(25)22-12-8-11-15(22)16(23)21(3)20-14-9-6-5-7-10-14/h5-7,9-10,13,15,20H,4,8,11-12H2,1-3H3,(H,19,25)/t13-,15?/m0/s1. The maximum absolute atomic E-state index is 12.7. The molecule has 0 aromatic heterocycles. The lowest BCUT2D eigenvalue weighted by Gasteiger charge is -2.29. The molecule has 1 unspecified atom stereocenters. The van der Waals surface area contributed by atoms with E-state index in [0.717, 1.165) is 12.1 Å². The largest absolute Gasteiger partial charge is 0.464 e. The van der Waals surface area contributed by atoms with Gasteiger partial charge in [0.05, 0.1) is 12.3 Å². The molecule has 0 aliphatic carbocycles. The minimum Gasteiger partial charge on any atom is -0.464 e. The van der Waals surface area contributed by atoms with Gasteiger partial charge < -0.3 is 15.0 Å². The zero-order valence-corrected chi connectivity index (χ0v) is 15.4. The third kappa shape index (κ3) is 4.87. The first-order valence-electron chi connectivity index (χ1n) is 8.77. The molecule has 2 rings (SSSR count). The molecule has 142 valence electrons. The van der Waals surface area contributed by atoms with Gasteiger partial charge >= 0.3 is 12.0 Å². The number of urea groups is 1. The number of hydrazine groups is 1. The molecule has 0 saturated carbocycles. The Morgan fingerprint density at radius 2 is 2.00 bits per heavy atom. The van der Waals surface area contributed by atoms with Crippen LogP contribution in [0, 0.1) is 0 Å². The van der Waals surface area contributed by atoms with Gasteiger partial charge in [-0.3, -0.25) is 15.2 Å². The Morgan fingerprint density at radius 3 is 2.65 bits per heavy atom. The molecule has 1 aromatic carbocycles. The highest BCUT2D eigenvalue weighted by Crippen LogP contribution is 2.20. The number of anilines is 1.